The van der Waals surface area contributed by atoms with Gasteiger partial charge in [0.2, 0.25) is 10.0 Å². The fourth-order valence-corrected chi connectivity index (χ4v) is 4.39. The molecule has 1 aromatic heterocycles. The number of fused-ring (bicyclic) bond motifs is 1. The minimum Gasteiger partial charge on any atom is -0.348 e. The first-order valence-corrected chi connectivity index (χ1v) is 10.7. The third-order valence-electron chi connectivity index (χ3n) is 4.83. The zero-order valence-corrected chi connectivity index (χ0v) is 16.5. The van der Waals surface area contributed by atoms with E-state index in [1.807, 2.05) is 0 Å². The molecule has 146 valence electrons. The summed E-state index contributed by atoms with van der Waals surface area (Å²) in [5.74, 6) is 0.346. The van der Waals surface area contributed by atoms with Gasteiger partial charge < -0.3 is 10.2 Å². The summed E-state index contributed by atoms with van der Waals surface area (Å²) in [6.07, 6.45) is 3.23. The van der Waals surface area contributed by atoms with E-state index in [0.717, 1.165) is 32.5 Å². The molecule has 2 aromatic rings. The van der Waals surface area contributed by atoms with Gasteiger partial charge in [-0.3, -0.25) is 9.78 Å². The van der Waals surface area contributed by atoms with E-state index < -0.39 is 10.0 Å². The second-order valence-electron chi connectivity index (χ2n) is 7.50. The van der Waals surface area contributed by atoms with Crippen LogP contribution >= 0.6 is 0 Å². The number of sulfonamides is 1. The first-order valence-electron chi connectivity index (χ1n) is 9.19. The van der Waals surface area contributed by atoms with Crippen molar-refractivity contribution >= 4 is 26.7 Å². The van der Waals surface area contributed by atoms with Gasteiger partial charge in [0.25, 0.3) is 5.91 Å². The van der Waals surface area contributed by atoms with Gasteiger partial charge in [-0.1, -0.05) is 26.0 Å². The van der Waals surface area contributed by atoms with E-state index in [-0.39, 0.29) is 22.5 Å². The number of hydrogen-bond acceptors (Lipinski definition) is 5. The number of pyridine rings is 1. The van der Waals surface area contributed by atoms with Gasteiger partial charge in [-0.15, -0.1) is 0 Å². The number of rotatable bonds is 5. The van der Waals surface area contributed by atoms with Crippen LogP contribution in [0.3, 0.4) is 0 Å². The smallest absolute Gasteiger partial charge is 0.270 e. The van der Waals surface area contributed by atoms with E-state index in [4.69, 9.17) is 5.14 Å². The van der Waals surface area contributed by atoms with Crippen LogP contribution in [0, 0.1) is 5.92 Å². The Hall–Kier alpha value is -2.03. The molecule has 8 heteroatoms. The molecule has 2 heterocycles. The summed E-state index contributed by atoms with van der Waals surface area (Å²) < 4.78 is 23.6. The topological polar surface area (TPSA) is 105 Å². The van der Waals surface area contributed by atoms with Crippen LogP contribution in [0.5, 0.6) is 0 Å². The Balaban J connectivity index is 1.77. The van der Waals surface area contributed by atoms with Gasteiger partial charge in [-0.25, -0.2) is 13.6 Å². The largest absolute Gasteiger partial charge is 0.348 e. The van der Waals surface area contributed by atoms with Crippen molar-refractivity contribution in [1.82, 2.24) is 15.2 Å². The number of carbonyl (C=O) groups is 1. The average Bonchev–Trinajstić information content (AvgIpc) is 2.61. The summed E-state index contributed by atoms with van der Waals surface area (Å²) in [4.78, 5) is 19.4. The predicted octanol–water partition coefficient (Wildman–Crippen LogP) is 1.73. The number of likely N-dealkylation sites (tertiary alicyclic amines) is 1. The van der Waals surface area contributed by atoms with Gasteiger partial charge >= 0.3 is 0 Å². The molecule has 1 aliphatic rings. The van der Waals surface area contributed by atoms with Crippen LogP contribution in [0.15, 0.2) is 35.4 Å². The van der Waals surface area contributed by atoms with Crippen molar-refractivity contribution in [3.8, 4) is 0 Å². The maximum absolute atomic E-state index is 12.8. The number of aromatic nitrogens is 1. The molecule has 0 spiro atoms. The van der Waals surface area contributed by atoms with E-state index in [2.05, 4.69) is 29.0 Å². The summed E-state index contributed by atoms with van der Waals surface area (Å²) in [5, 5.41) is 9.24. The first-order chi connectivity index (χ1) is 12.8. The number of primary sulfonamides is 1. The van der Waals surface area contributed by atoms with Crippen molar-refractivity contribution in [2.45, 2.75) is 37.6 Å². The van der Waals surface area contributed by atoms with Crippen LogP contribution < -0.4 is 10.5 Å². The molecule has 7 nitrogen and oxygen atoms in total. The number of piperidine rings is 1. The van der Waals surface area contributed by atoms with Crippen molar-refractivity contribution in [2.24, 2.45) is 11.1 Å². The average molecular weight is 391 g/mol. The molecule has 0 saturated carbocycles. The number of nitrogens with one attached hydrogen (secondary N) is 1. The lowest BCUT2D eigenvalue weighted by Gasteiger charge is -2.33. The number of benzene rings is 1. The Morgan fingerprint density at radius 2 is 1.96 bits per heavy atom. The molecule has 1 aromatic carbocycles. The second kappa shape index (κ2) is 7.92. The summed E-state index contributed by atoms with van der Waals surface area (Å²) in [7, 11) is -3.88. The molecule has 3 N–H and O–H groups in total. The van der Waals surface area contributed by atoms with Crippen LogP contribution in [0.4, 0.5) is 0 Å². The highest BCUT2D eigenvalue weighted by atomic mass is 32.2. The minimum atomic E-state index is -3.88. The maximum Gasteiger partial charge on any atom is 0.270 e. The molecule has 0 unspecified atom stereocenters. The number of hydrogen-bond donors (Lipinski definition) is 2. The molecule has 1 fully saturated rings. The monoisotopic (exact) mass is 390 g/mol. The molecule has 1 amide bonds. The van der Waals surface area contributed by atoms with Gasteiger partial charge in [0.15, 0.2) is 0 Å². The lowest BCUT2D eigenvalue weighted by Crippen LogP contribution is -2.45. The molecule has 1 aliphatic heterocycles. The molecular weight excluding hydrogens is 364 g/mol. The molecule has 0 radical (unpaired) electrons. The number of amides is 1. The Kier molecular flexibility index (Phi) is 5.78. The van der Waals surface area contributed by atoms with Crippen molar-refractivity contribution in [3.05, 3.63) is 36.2 Å². The molecule has 0 bridgehead atoms. The van der Waals surface area contributed by atoms with Crippen LogP contribution in [0.25, 0.3) is 10.8 Å². The van der Waals surface area contributed by atoms with Crippen LogP contribution in [-0.2, 0) is 10.0 Å². The lowest BCUT2D eigenvalue weighted by molar-refractivity contribution is 0.0904. The Labute approximate surface area is 160 Å². The number of nitrogens with two attached hydrogens (primary N) is 1. The van der Waals surface area contributed by atoms with Gasteiger partial charge in [0.05, 0.1) is 4.90 Å². The minimum absolute atomic E-state index is 0.00144. The number of nitrogens with zero attached hydrogens (tertiary/aromatic N) is 2. The van der Waals surface area contributed by atoms with E-state index in [1.165, 1.54) is 12.3 Å². The lowest BCUT2D eigenvalue weighted by atomic mass is 10.0. The van der Waals surface area contributed by atoms with Gasteiger partial charge in [0, 0.05) is 42.6 Å². The fraction of sp³-hybridized carbons (Fsp3) is 0.474. The highest BCUT2D eigenvalue weighted by Crippen LogP contribution is 2.24. The van der Waals surface area contributed by atoms with Gasteiger partial charge in [-0.05, 0) is 30.9 Å². The van der Waals surface area contributed by atoms with Crippen molar-refractivity contribution in [3.63, 3.8) is 0 Å². The summed E-state index contributed by atoms with van der Waals surface area (Å²) >= 11 is 0. The highest BCUT2D eigenvalue weighted by Gasteiger charge is 2.23. The molecule has 1 saturated heterocycles. The molecule has 0 aliphatic carbocycles. The van der Waals surface area contributed by atoms with Crippen molar-refractivity contribution in [1.29, 1.82) is 0 Å². The Morgan fingerprint density at radius 3 is 2.59 bits per heavy atom. The zero-order valence-electron chi connectivity index (χ0n) is 15.7. The predicted molar refractivity (Wildman–Crippen MR) is 105 cm³/mol. The van der Waals surface area contributed by atoms with E-state index in [0.29, 0.717) is 16.7 Å². The Morgan fingerprint density at radius 1 is 1.26 bits per heavy atom. The summed E-state index contributed by atoms with van der Waals surface area (Å²) in [6, 6.07) is 6.36. The highest BCUT2D eigenvalue weighted by molar-refractivity contribution is 7.89. The normalized spacial score (nSPS) is 16.7. The third kappa shape index (κ3) is 4.63. The van der Waals surface area contributed by atoms with Crippen LogP contribution in [0.2, 0.25) is 0 Å². The summed E-state index contributed by atoms with van der Waals surface area (Å²) in [5.41, 5.74) is 0.225. The second-order valence-corrected chi connectivity index (χ2v) is 9.03. The Bertz CT molecular complexity index is 935. The standard InChI is InChI=1S/C19H26N4O3S/c1-13(2)12-23-10-7-14(8-11-23)22-19(24)18-16-4-3-5-17(27(20,25)26)15(16)6-9-21-18/h3-6,9,13-14H,7-8,10-12H2,1-2H3,(H,22,24)(H2,20,25,26). The maximum atomic E-state index is 12.8. The van der Waals surface area contributed by atoms with Crippen LogP contribution in [0.1, 0.15) is 37.2 Å². The molecule has 27 heavy (non-hydrogen) atoms. The van der Waals surface area contributed by atoms with Crippen LogP contribution in [-0.4, -0.2) is 49.9 Å². The third-order valence-corrected chi connectivity index (χ3v) is 5.80. The zero-order chi connectivity index (χ0) is 19.6. The fourth-order valence-electron chi connectivity index (χ4n) is 3.64. The van der Waals surface area contributed by atoms with E-state index in [1.54, 1.807) is 18.2 Å². The molecule has 0 atom stereocenters. The molecule has 3 rings (SSSR count). The van der Waals surface area contributed by atoms with Crippen molar-refractivity contribution < 1.29 is 13.2 Å². The summed E-state index contributed by atoms with van der Waals surface area (Å²) in [6.45, 7) is 7.40. The van der Waals surface area contributed by atoms with E-state index in [9.17, 15) is 13.2 Å². The van der Waals surface area contributed by atoms with Gasteiger partial charge in [0.1, 0.15) is 5.69 Å². The molecular formula is C19H26N4O3S. The van der Waals surface area contributed by atoms with Crippen molar-refractivity contribution in [2.75, 3.05) is 19.6 Å². The number of carbonyl (C=O) groups excluding carboxylic acids is 1. The first kappa shape index (κ1) is 19.7. The van der Waals surface area contributed by atoms with Gasteiger partial charge in [-0.2, -0.15) is 0 Å². The SMILES string of the molecule is CC(C)CN1CCC(NC(=O)c2nccc3c(S(N)(=O)=O)cccc23)CC1. The quantitative estimate of drug-likeness (QED) is 0.809. The van der Waals surface area contributed by atoms with E-state index >= 15 is 0 Å².